The number of carbonyl (C=O) groups is 1. The van der Waals surface area contributed by atoms with E-state index in [1.165, 1.54) is 0 Å². The Kier molecular flexibility index (Phi) is 3.26. The van der Waals surface area contributed by atoms with Crippen LogP contribution in [-0.4, -0.2) is 30.8 Å². The van der Waals surface area contributed by atoms with Crippen molar-refractivity contribution in [1.29, 1.82) is 0 Å². The van der Waals surface area contributed by atoms with Gasteiger partial charge in [-0.15, -0.1) is 0 Å². The van der Waals surface area contributed by atoms with Crippen molar-refractivity contribution in [3.8, 4) is 5.75 Å². The van der Waals surface area contributed by atoms with E-state index >= 15 is 0 Å². The van der Waals surface area contributed by atoms with E-state index in [0.29, 0.717) is 11.4 Å². The van der Waals surface area contributed by atoms with E-state index in [4.69, 9.17) is 14.0 Å². The van der Waals surface area contributed by atoms with Gasteiger partial charge < -0.3 is 19.4 Å². The predicted molar refractivity (Wildman–Crippen MR) is 80.9 cm³/mol. The average molecular weight is 289 g/mol. The van der Waals surface area contributed by atoms with Crippen LogP contribution < -0.4 is 15.5 Å². The van der Waals surface area contributed by atoms with Crippen LogP contribution in [0.4, 0.5) is 5.69 Å². The first-order chi connectivity index (χ1) is 9.84. The Balaban J connectivity index is 1.89. The number of amides is 1. The molecule has 1 atom stereocenters. The Morgan fingerprint density at radius 3 is 2.71 bits per heavy atom. The highest BCUT2D eigenvalue weighted by Gasteiger charge is 2.53. The Morgan fingerprint density at radius 2 is 2.05 bits per heavy atom. The van der Waals surface area contributed by atoms with Crippen molar-refractivity contribution in [3.05, 3.63) is 18.2 Å². The molecule has 1 aromatic rings. The molecule has 3 rings (SSSR count). The molecule has 0 bridgehead atoms. The highest BCUT2D eigenvalue weighted by atomic mass is 16.7. The van der Waals surface area contributed by atoms with Gasteiger partial charge in [0.1, 0.15) is 5.75 Å². The maximum Gasteiger partial charge on any atom is 0.494 e. The number of carbonyl (C=O) groups excluding carboxylic acids is 1. The minimum Gasteiger partial charge on any atom is -0.482 e. The number of benzene rings is 1. The second kappa shape index (κ2) is 4.75. The van der Waals surface area contributed by atoms with Gasteiger partial charge in [-0.3, -0.25) is 4.79 Å². The van der Waals surface area contributed by atoms with E-state index in [0.717, 1.165) is 11.9 Å². The first kappa shape index (κ1) is 14.4. The van der Waals surface area contributed by atoms with Crippen molar-refractivity contribution < 1.29 is 18.8 Å². The average Bonchev–Trinajstić information content (AvgIpc) is 2.69. The van der Waals surface area contributed by atoms with Gasteiger partial charge in [-0.2, -0.15) is 0 Å². The summed E-state index contributed by atoms with van der Waals surface area (Å²) in [5.74, 6) is 0.528. The van der Waals surface area contributed by atoms with Crippen LogP contribution in [0.25, 0.3) is 0 Å². The first-order valence-electron chi connectivity index (χ1n) is 7.27. The fourth-order valence-corrected chi connectivity index (χ4v) is 2.69. The summed E-state index contributed by atoms with van der Waals surface area (Å²) in [4.78, 5) is 11.4. The standard InChI is InChI=1S/C15H20BNO4/c1-5-15(4)14(2,3)20-16(21-15)10-6-7-12-11(8-10)17-13(18)9-19-12/h6-8H,5,9H2,1-4H3,(H,17,18). The Bertz CT molecular complexity index is 589. The van der Waals surface area contributed by atoms with Crippen molar-refractivity contribution in [3.63, 3.8) is 0 Å². The second-order valence-electron chi connectivity index (χ2n) is 6.25. The number of hydrogen-bond donors (Lipinski definition) is 1. The van der Waals surface area contributed by atoms with Crippen LogP contribution in [0.1, 0.15) is 34.1 Å². The fraction of sp³-hybridized carbons (Fsp3) is 0.533. The zero-order chi connectivity index (χ0) is 15.3. The van der Waals surface area contributed by atoms with Crippen LogP contribution in [0.5, 0.6) is 5.75 Å². The van der Waals surface area contributed by atoms with Crippen LogP contribution >= 0.6 is 0 Å². The highest BCUT2D eigenvalue weighted by Crippen LogP contribution is 2.39. The van der Waals surface area contributed by atoms with Crippen molar-refractivity contribution >= 4 is 24.2 Å². The monoisotopic (exact) mass is 289 g/mol. The van der Waals surface area contributed by atoms with E-state index in [9.17, 15) is 4.79 Å². The molecule has 2 heterocycles. The summed E-state index contributed by atoms with van der Waals surface area (Å²) < 4.78 is 17.6. The van der Waals surface area contributed by atoms with Crippen molar-refractivity contribution in [2.75, 3.05) is 11.9 Å². The number of anilines is 1. The third-order valence-corrected chi connectivity index (χ3v) is 4.63. The Hall–Kier alpha value is -1.53. The molecule has 1 aromatic carbocycles. The van der Waals surface area contributed by atoms with Crippen molar-refractivity contribution in [2.24, 2.45) is 0 Å². The minimum atomic E-state index is -0.436. The third kappa shape index (κ3) is 2.32. The van der Waals surface area contributed by atoms with Crippen LogP contribution in [0, 0.1) is 0 Å². The maximum absolute atomic E-state index is 11.4. The van der Waals surface area contributed by atoms with E-state index in [-0.39, 0.29) is 23.7 Å². The van der Waals surface area contributed by atoms with Crippen LogP contribution in [0.15, 0.2) is 18.2 Å². The van der Waals surface area contributed by atoms with E-state index in [1.807, 2.05) is 32.0 Å². The Labute approximate surface area is 125 Å². The number of ether oxygens (including phenoxy) is 1. The Morgan fingerprint density at radius 1 is 1.29 bits per heavy atom. The van der Waals surface area contributed by atoms with E-state index in [2.05, 4.69) is 19.2 Å². The summed E-state index contributed by atoms with van der Waals surface area (Å²) in [6.45, 7) is 8.30. The molecule has 2 aliphatic heterocycles. The minimum absolute atomic E-state index is 0.0592. The molecule has 0 radical (unpaired) electrons. The largest absolute Gasteiger partial charge is 0.494 e. The van der Waals surface area contributed by atoms with Crippen LogP contribution in [0.3, 0.4) is 0 Å². The zero-order valence-corrected chi connectivity index (χ0v) is 12.9. The predicted octanol–water partition coefficient (Wildman–Crippen LogP) is 1.71. The first-order valence-corrected chi connectivity index (χ1v) is 7.27. The second-order valence-corrected chi connectivity index (χ2v) is 6.25. The lowest BCUT2D eigenvalue weighted by Gasteiger charge is -2.35. The van der Waals surface area contributed by atoms with Gasteiger partial charge in [0, 0.05) is 0 Å². The molecule has 1 amide bonds. The van der Waals surface area contributed by atoms with Gasteiger partial charge in [-0.25, -0.2) is 0 Å². The normalized spacial score (nSPS) is 27.0. The molecule has 6 heteroatoms. The molecule has 0 spiro atoms. The summed E-state index contributed by atoms with van der Waals surface area (Å²) in [6.07, 6.45) is 0.862. The summed E-state index contributed by atoms with van der Waals surface area (Å²) in [7, 11) is -0.436. The van der Waals surface area contributed by atoms with Gasteiger partial charge in [-0.1, -0.05) is 13.0 Å². The molecule has 1 saturated heterocycles. The topological polar surface area (TPSA) is 56.8 Å². The molecule has 0 aliphatic carbocycles. The number of hydrogen-bond acceptors (Lipinski definition) is 4. The SMILES string of the molecule is CCC1(C)OB(c2ccc3c(c2)NC(=O)CO3)OC1(C)C. The number of nitrogens with one attached hydrogen (secondary N) is 1. The molecular formula is C15H20BNO4. The molecule has 1 unspecified atom stereocenters. The van der Waals surface area contributed by atoms with Crippen LogP contribution in [-0.2, 0) is 14.1 Å². The quantitative estimate of drug-likeness (QED) is 0.842. The lowest BCUT2D eigenvalue weighted by atomic mass is 9.78. The molecule has 0 aromatic heterocycles. The van der Waals surface area contributed by atoms with Gasteiger partial charge in [-0.05, 0) is 44.8 Å². The molecule has 21 heavy (non-hydrogen) atoms. The van der Waals surface area contributed by atoms with Crippen molar-refractivity contribution in [2.45, 2.75) is 45.3 Å². The van der Waals surface area contributed by atoms with Gasteiger partial charge in [0.25, 0.3) is 5.91 Å². The van der Waals surface area contributed by atoms with Gasteiger partial charge in [0.05, 0.1) is 16.9 Å². The van der Waals surface area contributed by atoms with E-state index in [1.54, 1.807) is 0 Å². The third-order valence-electron chi connectivity index (χ3n) is 4.63. The summed E-state index contributed by atoms with van der Waals surface area (Å²) in [5.41, 5.74) is 0.832. The highest BCUT2D eigenvalue weighted by molar-refractivity contribution is 6.62. The molecule has 0 saturated carbocycles. The van der Waals surface area contributed by atoms with Gasteiger partial charge in [0.2, 0.25) is 0 Å². The molecule has 112 valence electrons. The maximum atomic E-state index is 11.4. The molecule has 1 fully saturated rings. The summed E-state index contributed by atoms with van der Waals surface area (Å²) in [5, 5.41) is 2.80. The number of fused-ring (bicyclic) bond motifs is 1. The summed E-state index contributed by atoms with van der Waals surface area (Å²) in [6, 6.07) is 5.61. The van der Waals surface area contributed by atoms with Crippen molar-refractivity contribution in [1.82, 2.24) is 0 Å². The molecule has 1 N–H and O–H groups in total. The number of rotatable bonds is 2. The molecule has 2 aliphatic rings. The lowest BCUT2D eigenvalue weighted by molar-refractivity contribution is -0.118. The smallest absolute Gasteiger partial charge is 0.482 e. The zero-order valence-electron chi connectivity index (χ0n) is 12.9. The van der Waals surface area contributed by atoms with Gasteiger partial charge in [0.15, 0.2) is 6.61 Å². The molecular weight excluding hydrogens is 269 g/mol. The lowest BCUT2D eigenvalue weighted by Crippen LogP contribution is -2.44. The van der Waals surface area contributed by atoms with Crippen LogP contribution in [0.2, 0.25) is 0 Å². The fourth-order valence-electron chi connectivity index (χ4n) is 2.69. The summed E-state index contributed by atoms with van der Waals surface area (Å²) >= 11 is 0. The van der Waals surface area contributed by atoms with E-state index < -0.39 is 7.12 Å². The van der Waals surface area contributed by atoms with Gasteiger partial charge >= 0.3 is 7.12 Å². The molecule has 5 nitrogen and oxygen atoms in total.